The maximum absolute atomic E-state index is 12.2. The van der Waals surface area contributed by atoms with Gasteiger partial charge in [0, 0.05) is 13.0 Å². The molecule has 1 atom stereocenters. The van der Waals surface area contributed by atoms with Gasteiger partial charge in [-0.3, -0.25) is 0 Å². The number of esters is 1. The molecule has 1 aromatic carbocycles. The van der Waals surface area contributed by atoms with Crippen molar-refractivity contribution in [1.82, 2.24) is 0 Å². The van der Waals surface area contributed by atoms with Crippen LogP contribution >= 0.6 is 0 Å². The first-order valence-corrected chi connectivity index (χ1v) is 8.96. The van der Waals surface area contributed by atoms with Crippen molar-refractivity contribution in [1.29, 1.82) is 0 Å². The van der Waals surface area contributed by atoms with E-state index in [1.807, 2.05) is 12.1 Å². The number of aliphatic hydroxyl groups is 2. The van der Waals surface area contributed by atoms with Crippen LogP contribution in [0.25, 0.3) is 0 Å². The SMILES string of the molecule is CC#CC(C)(O)Cc1ccc(C(=O)OCC2CCC(CO)CC2)cc1. The van der Waals surface area contributed by atoms with Crippen LogP contribution in [0.4, 0.5) is 0 Å². The van der Waals surface area contributed by atoms with Crippen LogP contribution in [-0.4, -0.2) is 35.0 Å². The molecule has 0 radical (unpaired) electrons. The van der Waals surface area contributed by atoms with Gasteiger partial charge in [-0.2, -0.15) is 0 Å². The maximum Gasteiger partial charge on any atom is 0.338 e. The highest BCUT2D eigenvalue weighted by atomic mass is 16.5. The Kier molecular flexibility index (Phi) is 7.04. The minimum absolute atomic E-state index is 0.260. The zero-order valence-corrected chi connectivity index (χ0v) is 15.1. The summed E-state index contributed by atoms with van der Waals surface area (Å²) in [6, 6.07) is 7.12. The molecule has 0 heterocycles. The van der Waals surface area contributed by atoms with Crippen molar-refractivity contribution in [2.24, 2.45) is 11.8 Å². The largest absolute Gasteiger partial charge is 0.462 e. The summed E-state index contributed by atoms with van der Waals surface area (Å²) in [5.74, 6) is 5.99. The molecule has 25 heavy (non-hydrogen) atoms. The molecule has 2 rings (SSSR count). The number of hydrogen-bond acceptors (Lipinski definition) is 4. The molecule has 1 aromatic rings. The van der Waals surface area contributed by atoms with E-state index in [4.69, 9.17) is 9.84 Å². The van der Waals surface area contributed by atoms with E-state index in [0.29, 0.717) is 30.4 Å². The summed E-state index contributed by atoms with van der Waals surface area (Å²) in [6.07, 6.45) is 4.44. The lowest BCUT2D eigenvalue weighted by molar-refractivity contribution is 0.0379. The van der Waals surface area contributed by atoms with Crippen molar-refractivity contribution in [2.45, 2.75) is 51.6 Å². The molecule has 4 heteroatoms. The molecule has 0 bridgehead atoms. The molecule has 2 N–H and O–H groups in total. The van der Waals surface area contributed by atoms with E-state index < -0.39 is 5.60 Å². The quantitative estimate of drug-likeness (QED) is 0.615. The summed E-state index contributed by atoms with van der Waals surface area (Å²) in [7, 11) is 0. The van der Waals surface area contributed by atoms with Crippen molar-refractivity contribution >= 4 is 5.97 Å². The van der Waals surface area contributed by atoms with Crippen LogP contribution in [0.3, 0.4) is 0 Å². The molecule has 1 aliphatic rings. The van der Waals surface area contributed by atoms with E-state index in [2.05, 4.69) is 11.8 Å². The van der Waals surface area contributed by atoms with E-state index in [9.17, 15) is 9.90 Å². The fourth-order valence-corrected chi connectivity index (χ4v) is 3.33. The number of hydrogen-bond donors (Lipinski definition) is 2. The van der Waals surface area contributed by atoms with Gasteiger partial charge < -0.3 is 14.9 Å². The number of carbonyl (C=O) groups excluding carboxylic acids is 1. The molecule has 0 aromatic heterocycles. The molecule has 0 amide bonds. The van der Waals surface area contributed by atoms with Gasteiger partial charge in [-0.25, -0.2) is 4.79 Å². The number of ether oxygens (including phenoxy) is 1. The van der Waals surface area contributed by atoms with Crippen LogP contribution < -0.4 is 0 Å². The maximum atomic E-state index is 12.2. The second kappa shape index (κ2) is 9.03. The van der Waals surface area contributed by atoms with E-state index >= 15 is 0 Å². The highest BCUT2D eigenvalue weighted by Gasteiger charge is 2.22. The van der Waals surface area contributed by atoms with Crippen LogP contribution in [-0.2, 0) is 11.2 Å². The number of rotatable bonds is 6. The molecule has 1 unspecified atom stereocenters. The lowest BCUT2D eigenvalue weighted by atomic mass is 9.83. The lowest BCUT2D eigenvalue weighted by Crippen LogP contribution is -2.24. The third kappa shape index (κ3) is 6.19. The minimum Gasteiger partial charge on any atom is -0.462 e. The molecule has 1 saturated carbocycles. The van der Waals surface area contributed by atoms with Crippen molar-refractivity contribution in [2.75, 3.05) is 13.2 Å². The first kappa shape index (κ1) is 19.5. The predicted molar refractivity (Wildman–Crippen MR) is 97.0 cm³/mol. The molecule has 0 aliphatic heterocycles. The molecule has 1 aliphatic carbocycles. The number of benzene rings is 1. The molecular weight excluding hydrogens is 316 g/mol. The summed E-state index contributed by atoms with van der Waals surface area (Å²) >= 11 is 0. The molecule has 0 spiro atoms. The van der Waals surface area contributed by atoms with Gasteiger partial charge in [0.05, 0.1) is 12.2 Å². The van der Waals surface area contributed by atoms with E-state index in [0.717, 1.165) is 31.2 Å². The average molecular weight is 344 g/mol. The third-order valence-electron chi connectivity index (χ3n) is 4.81. The molecule has 1 fully saturated rings. The molecule has 136 valence electrons. The minimum atomic E-state index is -1.07. The van der Waals surface area contributed by atoms with Gasteiger partial charge in [0.15, 0.2) is 0 Å². The van der Waals surface area contributed by atoms with Gasteiger partial charge in [-0.15, -0.1) is 5.92 Å². The Morgan fingerprint density at radius 1 is 1.20 bits per heavy atom. The van der Waals surface area contributed by atoms with Gasteiger partial charge in [0.2, 0.25) is 0 Å². The Labute approximate surface area is 150 Å². The van der Waals surface area contributed by atoms with E-state index in [1.54, 1.807) is 26.0 Å². The van der Waals surface area contributed by atoms with Crippen molar-refractivity contribution in [3.8, 4) is 11.8 Å². The molecular formula is C21H28O4. The Morgan fingerprint density at radius 3 is 2.36 bits per heavy atom. The number of aliphatic hydroxyl groups excluding tert-OH is 1. The normalized spacial score (nSPS) is 22.4. The standard InChI is InChI=1S/C21H28O4/c1-3-12-21(2,24)13-16-8-10-19(11-9-16)20(23)25-15-18-6-4-17(14-22)5-7-18/h8-11,17-18,22,24H,4-7,13-15H2,1-2H3. The van der Waals surface area contributed by atoms with Crippen molar-refractivity contribution in [3.05, 3.63) is 35.4 Å². The van der Waals surface area contributed by atoms with E-state index in [-0.39, 0.29) is 12.6 Å². The average Bonchev–Trinajstić information content (AvgIpc) is 2.60. The highest BCUT2D eigenvalue weighted by Crippen LogP contribution is 2.28. The summed E-state index contributed by atoms with van der Waals surface area (Å²) in [5, 5.41) is 19.3. The van der Waals surface area contributed by atoms with Gasteiger partial charge in [0.25, 0.3) is 0 Å². The molecule has 0 saturated heterocycles. The Balaban J connectivity index is 1.83. The third-order valence-corrected chi connectivity index (χ3v) is 4.81. The Morgan fingerprint density at radius 2 is 1.80 bits per heavy atom. The second-order valence-electron chi connectivity index (χ2n) is 7.19. The van der Waals surface area contributed by atoms with Crippen LogP contribution in [0.1, 0.15) is 55.5 Å². The zero-order chi connectivity index (χ0) is 18.3. The molecule has 4 nitrogen and oxygen atoms in total. The van der Waals surface area contributed by atoms with E-state index in [1.165, 1.54) is 0 Å². The lowest BCUT2D eigenvalue weighted by Gasteiger charge is -2.26. The summed E-state index contributed by atoms with van der Waals surface area (Å²) in [4.78, 5) is 12.2. The van der Waals surface area contributed by atoms with Gasteiger partial charge in [-0.05, 0) is 69.1 Å². The summed E-state index contributed by atoms with van der Waals surface area (Å²) in [5.41, 5.74) is 0.380. The van der Waals surface area contributed by atoms with Crippen LogP contribution in [0, 0.1) is 23.7 Å². The van der Waals surface area contributed by atoms with Crippen molar-refractivity contribution in [3.63, 3.8) is 0 Å². The first-order chi connectivity index (χ1) is 11.9. The highest BCUT2D eigenvalue weighted by molar-refractivity contribution is 5.89. The monoisotopic (exact) mass is 344 g/mol. The summed E-state index contributed by atoms with van der Waals surface area (Å²) < 4.78 is 5.44. The zero-order valence-electron chi connectivity index (χ0n) is 15.1. The fourth-order valence-electron chi connectivity index (χ4n) is 3.33. The Hall–Kier alpha value is -1.83. The fraction of sp³-hybridized carbons (Fsp3) is 0.571. The van der Waals surface area contributed by atoms with Gasteiger partial charge >= 0.3 is 5.97 Å². The first-order valence-electron chi connectivity index (χ1n) is 8.96. The van der Waals surface area contributed by atoms with Gasteiger partial charge in [0.1, 0.15) is 5.60 Å². The number of carbonyl (C=O) groups is 1. The van der Waals surface area contributed by atoms with Crippen molar-refractivity contribution < 1.29 is 19.7 Å². The van der Waals surface area contributed by atoms with Crippen LogP contribution in [0.2, 0.25) is 0 Å². The van der Waals surface area contributed by atoms with Crippen LogP contribution in [0.5, 0.6) is 0 Å². The smallest absolute Gasteiger partial charge is 0.338 e. The second-order valence-corrected chi connectivity index (χ2v) is 7.19. The Bertz CT molecular complexity index is 614. The van der Waals surface area contributed by atoms with Gasteiger partial charge in [-0.1, -0.05) is 18.1 Å². The predicted octanol–water partition coefficient (Wildman–Crippen LogP) is 2.96. The summed E-state index contributed by atoms with van der Waals surface area (Å²) in [6.45, 7) is 4.08. The topological polar surface area (TPSA) is 66.8 Å². The van der Waals surface area contributed by atoms with Crippen LogP contribution in [0.15, 0.2) is 24.3 Å².